The topological polar surface area (TPSA) is 91.0 Å². The summed E-state index contributed by atoms with van der Waals surface area (Å²) >= 11 is 0. The maximum atomic E-state index is 5.33. The first kappa shape index (κ1) is 7.93. The molecule has 2 N–H and O–H groups in total. The van der Waals surface area contributed by atoms with Crippen LogP contribution in [0.3, 0.4) is 0 Å². The van der Waals surface area contributed by atoms with Crippen molar-refractivity contribution in [1.29, 1.82) is 0 Å². The fraction of sp³-hybridized carbons (Fsp3) is 0.286. The predicted molar refractivity (Wildman–Crippen MR) is 42.6 cm³/mol. The Morgan fingerprint density at radius 2 is 2.38 bits per heavy atom. The monoisotopic (exact) mass is 180 g/mol. The summed E-state index contributed by atoms with van der Waals surface area (Å²) in [6.07, 6.45) is 3.42. The molecular weight excluding hydrogens is 172 g/mol. The van der Waals surface area contributed by atoms with Crippen LogP contribution in [0.25, 0.3) is 11.7 Å². The van der Waals surface area contributed by atoms with E-state index in [2.05, 4.69) is 15.1 Å². The molecule has 2 heterocycles. The molecule has 0 fully saturated rings. The minimum absolute atomic E-state index is 0.334. The van der Waals surface area contributed by atoms with Gasteiger partial charge < -0.3 is 14.7 Å². The molecule has 6 nitrogen and oxygen atoms in total. The number of nitrogens with two attached hydrogens (primary N) is 1. The number of hydrogen-bond acceptors (Lipinski definition) is 6. The van der Waals surface area contributed by atoms with Gasteiger partial charge in [0.2, 0.25) is 5.76 Å². The second-order valence-corrected chi connectivity index (χ2v) is 2.42. The lowest BCUT2D eigenvalue weighted by Crippen LogP contribution is -2.03. The third kappa shape index (κ3) is 1.57. The minimum atomic E-state index is 0.334. The first-order valence-corrected chi connectivity index (χ1v) is 3.81. The van der Waals surface area contributed by atoms with Crippen LogP contribution >= 0.6 is 0 Å². The second kappa shape index (κ2) is 3.36. The zero-order chi connectivity index (χ0) is 9.10. The van der Waals surface area contributed by atoms with Crippen LogP contribution in [-0.4, -0.2) is 21.7 Å². The van der Waals surface area contributed by atoms with E-state index in [1.54, 1.807) is 0 Å². The molecule has 2 aromatic heterocycles. The van der Waals surface area contributed by atoms with E-state index in [-0.39, 0.29) is 0 Å². The molecule has 0 aliphatic carbocycles. The molecule has 2 aromatic rings. The molecule has 0 amide bonds. The molecule has 0 saturated carbocycles. The van der Waals surface area contributed by atoms with E-state index in [1.807, 2.05) is 0 Å². The number of hydrogen-bond donors (Lipinski definition) is 1. The molecule has 13 heavy (non-hydrogen) atoms. The summed E-state index contributed by atoms with van der Waals surface area (Å²) in [6, 6.07) is 0. The lowest BCUT2D eigenvalue weighted by atomic mass is 10.4. The van der Waals surface area contributed by atoms with Crippen molar-refractivity contribution < 1.29 is 8.94 Å². The summed E-state index contributed by atoms with van der Waals surface area (Å²) in [5.74, 6) is 1.38. The molecule has 0 aromatic carbocycles. The van der Waals surface area contributed by atoms with Gasteiger partial charge in [-0.25, -0.2) is 4.98 Å². The van der Waals surface area contributed by atoms with Gasteiger partial charge in [0.05, 0.1) is 6.20 Å². The Labute approximate surface area is 73.8 Å². The SMILES string of the molecule is NCCc1noc(-c2cnco2)n1. The van der Waals surface area contributed by atoms with Gasteiger partial charge in [-0.05, 0) is 6.54 Å². The minimum Gasteiger partial charge on any atom is -0.438 e. The van der Waals surface area contributed by atoms with Gasteiger partial charge in [0.25, 0.3) is 5.89 Å². The van der Waals surface area contributed by atoms with Gasteiger partial charge in [-0.1, -0.05) is 5.16 Å². The smallest absolute Gasteiger partial charge is 0.295 e. The van der Waals surface area contributed by atoms with Crippen LogP contribution in [0.4, 0.5) is 0 Å². The Morgan fingerprint density at radius 1 is 1.46 bits per heavy atom. The van der Waals surface area contributed by atoms with Crippen LogP contribution in [0, 0.1) is 0 Å². The van der Waals surface area contributed by atoms with Crippen LogP contribution in [0.5, 0.6) is 0 Å². The number of aromatic nitrogens is 3. The van der Waals surface area contributed by atoms with Crippen molar-refractivity contribution in [1.82, 2.24) is 15.1 Å². The fourth-order valence-electron chi connectivity index (χ4n) is 0.906. The van der Waals surface area contributed by atoms with Crippen LogP contribution in [0.15, 0.2) is 21.5 Å². The molecule has 0 atom stereocenters. The molecule has 2 rings (SSSR count). The van der Waals surface area contributed by atoms with Crippen LogP contribution in [0.2, 0.25) is 0 Å². The molecule has 0 saturated heterocycles. The van der Waals surface area contributed by atoms with Crippen molar-refractivity contribution in [3.63, 3.8) is 0 Å². The highest BCUT2D eigenvalue weighted by molar-refractivity contribution is 5.40. The van der Waals surface area contributed by atoms with Crippen molar-refractivity contribution in [2.24, 2.45) is 5.73 Å². The van der Waals surface area contributed by atoms with Crippen molar-refractivity contribution in [2.75, 3.05) is 6.54 Å². The Balaban J connectivity index is 2.23. The number of nitrogens with zero attached hydrogens (tertiary/aromatic N) is 3. The highest BCUT2D eigenvalue weighted by atomic mass is 16.5. The van der Waals surface area contributed by atoms with E-state index < -0.39 is 0 Å². The average Bonchev–Trinajstić information content (AvgIpc) is 2.70. The molecule has 6 heteroatoms. The molecule has 68 valence electrons. The molecular formula is C7H8N4O2. The zero-order valence-corrected chi connectivity index (χ0v) is 6.80. The predicted octanol–water partition coefficient (Wildman–Crippen LogP) is 0.226. The van der Waals surface area contributed by atoms with Crippen molar-refractivity contribution in [3.8, 4) is 11.7 Å². The van der Waals surface area contributed by atoms with Crippen molar-refractivity contribution in [2.45, 2.75) is 6.42 Å². The molecule has 0 unspecified atom stereocenters. The molecule has 0 radical (unpaired) electrons. The van der Waals surface area contributed by atoms with Crippen LogP contribution in [-0.2, 0) is 6.42 Å². The first-order valence-electron chi connectivity index (χ1n) is 3.81. The summed E-state index contributed by atoms with van der Waals surface area (Å²) in [4.78, 5) is 7.79. The third-order valence-corrected chi connectivity index (χ3v) is 1.48. The van der Waals surface area contributed by atoms with Crippen LogP contribution < -0.4 is 5.73 Å². The Kier molecular flexibility index (Phi) is 2.05. The Hall–Kier alpha value is -1.69. The van der Waals surface area contributed by atoms with Gasteiger partial charge >= 0.3 is 0 Å². The number of oxazole rings is 1. The second-order valence-electron chi connectivity index (χ2n) is 2.42. The van der Waals surface area contributed by atoms with Crippen molar-refractivity contribution >= 4 is 0 Å². The van der Waals surface area contributed by atoms with Gasteiger partial charge in [-0.2, -0.15) is 4.98 Å². The largest absolute Gasteiger partial charge is 0.438 e. The van der Waals surface area contributed by atoms with E-state index in [4.69, 9.17) is 14.7 Å². The fourth-order valence-corrected chi connectivity index (χ4v) is 0.906. The molecule has 0 spiro atoms. The summed E-state index contributed by atoms with van der Waals surface area (Å²) in [6.45, 7) is 0.495. The van der Waals surface area contributed by atoms with E-state index in [1.165, 1.54) is 12.6 Å². The maximum Gasteiger partial charge on any atom is 0.295 e. The van der Waals surface area contributed by atoms with Gasteiger partial charge in [0, 0.05) is 6.42 Å². The Bertz CT molecular complexity index is 368. The highest BCUT2D eigenvalue weighted by Crippen LogP contribution is 2.15. The van der Waals surface area contributed by atoms with Gasteiger partial charge in [-0.15, -0.1) is 0 Å². The van der Waals surface area contributed by atoms with Gasteiger partial charge in [-0.3, -0.25) is 0 Å². The van der Waals surface area contributed by atoms with Crippen molar-refractivity contribution in [3.05, 3.63) is 18.4 Å². The normalized spacial score (nSPS) is 10.5. The zero-order valence-electron chi connectivity index (χ0n) is 6.80. The molecule has 0 aliphatic heterocycles. The van der Waals surface area contributed by atoms with E-state index in [0.717, 1.165) is 0 Å². The highest BCUT2D eigenvalue weighted by Gasteiger charge is 2.10. The molecule has 0 aliphatic rings. The quantitative estimate of drug-likeness (QED) is 0.726. The van der Waals surface area contributed by atoms with E-state index in [9.17, 15) is 0 Å². The lowest BCUT2D eigenvalue weighted by molar-refractivity contribution is 0.409. The van der Waals surface area contributed by atoms with Gasteiger partial charge in [0.1, 0.15) is 0 Å². The summed E-state index contributed by atoms with van der Waals surface area (Å²) < 4.78 is 9.88. The summed E-state index contributed by atoms with van der Waals surface area (Å²) in [5, 5.41) is 3.71. The standard InChI is InChI=1S/C7H8N4O2/c8-2-1-6-10-7(13-11-6)5-3-9-4-12-5/h3-4H,1-2,8H2. The average molecular weight is 180 g/mol. The van der Waals surface area contributed by atoms with Crippen LogP contribution in [0.1, 0.15) is 5.82 Å². The third-order valence-electron chi connectivity index (χ3n) is 1.48. The lowest BCUT2D eigenvalue weighted by Gasteiger charge is -1.83. The van der Waals surface area contributed by atoms with Gasteiger partial charge in [0.15, 0.2) is 12.2 Å². The maximum absolute atomic E-state index is 5.33. The number of rotatable bonds is 3. The summed E-state index contributed by atoms with van der Waals surface area (Å²) in [5.41, 5.74) is 5.33. The van der Waals surface area contributed by atoms with E-state index >= 15 is 0 Å². The first-order chi connectivity index (χ1) is 6.40. The van der Waals surface area contributed by atoms with E-state index in [0.29, 0.717) is 30.4 Å². The molecule has 0 bridgehead atoms. The summed E-state index contributed by atoms with van der Waals surface area (Å²) in [7, 11) is 0. The Morgan fingerprint density at radius 3 is 3.08 bits per heavy atom.